The van der Waals surface area contributed by atoms with Crippen molar-refractivity contribution in [2.45, 2.75) is 32.9 Å². The predicted molar refractivity (Wildman–Crippen MR) is 128 cm³/mol. The zero-order valence-electron chi connectivity index (χ0n) is 19.3. The molecule has 9 heteroatoms. The molecule has 1 aliphatic rings. The highest BCUT2D eigenvalue weighted by atomic mass is 32.2. The van der Waals surface area contributed by atoms with Crippen LogP contribution in [0.3, 0.4) is 0 Å². The summed E-state index contributed by atoms with van der Waals surface area (Å²) in [5, 5.41) is 3.99. The standard InChI is InChI=1S/C25H28N2O6S/c1-3-31-21-9-5-18(6-10-21)16-27(20-13-14-34(29,30)17-20)25(28)23-15-24(33-26-23)19-7-11-22(12-8-19)32-4-2/h5-12,15,20H,3-4,13-14,16-17H2,1-2H3. The Kier molecular flexibility index (Phi) is 7.21. The van der Waals surface area contributed by atoms with E-state index in [2.05, 4.69) is 5.16 Å². The number of nitrogens with zero attached hydrogens (tertiary/aromatic N) is 2. The maximum absolute atomic E-state index is 13.5. The highest BCUT2D eigenvalue weighted by molar-refractivity contribution is 7.91. The number of hydrogen-bond donors (Lipinski definition) is 0. The summed E-state index contributed by atoms with van der Waals surface area (Å²) >= 11 is 0. The van der Waals surface area contributed by atoms with E-state index >= 15 is 0 Å². The van der Waals surface area contributed by atoms with Crippen molar-refractivity contribution >= 4 is 15.7 Å². The number of amides is 1. The van der Waals surface area contributed by atoms with Crippen molar-refractivity contribution in [3.8, 4) is 22.8 Å². The van der Waals surface area contributed by atoms with Crippen molar-refractivity contribution in [2.75, 3.05) is 24.7 Å². The summed E-state index contributed by atoms with van der Waals surface area (Å²) in [5.74, 6) is 1.58. The van der Waals surface area contributed by atoms with Gasteiger partial charge in [0.05, 0.1) is 24.7 Å². The zero-order chi connectivity index (χ0) is 24.1. The van der Waals surface area contributed by atoms with E-state index in [-0.39, 0.29) is 29.7 Å². The van der Waals surface area contributed by atoms with E-state index in [1.165, 1.54) is 0 Å². The molecule has 0 N–H and O–H groups in total. The van der Waals surface area contributed by atoms with E-state index in [0.717, 1.165) is 22.6 Å². The molecule has 1 unspecified atom stereocenters. The van der Waals surface area contributed by atoms with Crippen LogP contribution in [-0.4, -0.2) is 55.1 Å². The predicted octanol–water partition coefficient (Wildman–Crippen LogP) is 3.97. The minimum atomic E-state index is -3.18. The lowest BCUT2D eigenvalue weighted by molar-refractivity contribution is 0.0670. The Morgan fingerprint density at radius 1 is 1.03 bits per heavy atom. The quantitative estimate of drug-likeness (QED) is 0.453. The summed E-state index contributed by atoms with van der Waals surface area (Å²) in [6.07, 6.45) is 0.398. The summed E-state index contributed by atoms with van der Waals surface area (Å²) in [4.78, 5) is 15.0. The Balaban J connectivity index is 1.56. The van der Waals surface area contributed by atoms with Crippen molar-refractivity contribution in [3.05, 3.63) is 65.9 Å². The van der Waals surface area contributed by atoms with Gasteiger partial charge in [0.1, 0.15) is 11.5 Å². The number of ether oxygens (including phenoxy) is 2. The Bertz CT molecular complexity index is 1220. The molecule has 8 nitrogen and oxygen atoms in total. The molecule has 0 spiro atoms. The SMILES string of the molecule is CCOc1ccc(CN(C(=O)c2cc(-c3ccc(OCC)cc3)on2)C2CCS(=O)(=O)C2)cc1. The summed E-state index contributed by atoms with van der Waals surface area (Å²) < 4.78 is 40.7. The van der Waals surface area contributed by atoms with Gasteiger partial charge in [0.2, 0.25) is 0 Å². The molecule has 1 aromatic heterocycles. The van der Waals surface area contributed by atoms with Gasteiger partial charge in [-0.3, -0.25) is 4.79 Å². The number of rotatable bonds is 9. The zero-order valence-corrected chi connectivity index (χ0v) is 20.1. The van der Waals surface area contributed by atoms with Crippen molar-refractivity contribution in [1.29, 1.82) is 0 Å². The van der Waals surface area contributed by atoms with E-state index in [0.29, 0.717) is 25.4 Å². The van der Waals surface area contributed by atoms with Crippen LogP contribution < -0.4 is 9.47 Å². The molecule has 2 heterocycles. The molecule has 1 amide bonds. The summed E-state index contributed by atoms with van der Waals surface area (Å²) in [5.41, 5.74) is 1.77. The molecule has 180 valence electrons. The van der Waals surface area contributed by atoms with Gasteiger partial charge in [0.25, 0.3) is 5.91 Å². The molecule has 34 heavy (non-hydrogen) atoms. The lowest BCUT2D eigenvalue weighted by Gasteiger charge is -2.27. The second-order valence-corrected chi connectivity index (χ2v) is 10.3. The molecule has 1 saturated heterocycles. The van der Waals surface area contributed by atoms with Gasteiger partial charge in [-0.1, -0.05) is 17.3 Å². The van der Waals surface area contributed by atoms with Crippen LogP contribution in [0.2, 0.25) is 0 Å². The number of sulfone groups is 1. The average molecular weight is 485 g/mol. The van der Waals surface area contributed by atoms with Crippen LogP contribution in [0.15, 0.2) is 59.1 Å². The van der Waals surface area contributed by atoms with Crippen molar-refractivity contribution < 1.29 is 27.2 Å². The number of aromatic nitrogens is 1. The fourth-order valence-electron chi connectivity index (χ4n) is 3.98. The number of hydrogen-bond acceptors (Lipinski definition) is 7. The van der Waals surface area contributed by atoms with E-state index in [9.17, 15) is 13.2 Å². The van der Waals surface area contributed by atoms with Crippen LogP contribution in [0.5, 0.6) is 11.5 Å². The number of benzene rings is 2. The van der Waals surface area contributed by atoms with Crippen LogP contribution in [-0.2, 0) is 16.4 Å². The van der Waals surface area contributed by atoms with E-state index < -0.39 is 15.9 Å². The van der Waals surface area contributed by atoms with E-state index in [1.54, 1.807) is 11.0 Å². The third kappa shape index (κ3) is 5.59. The first-order valence-electron chi connectivity index (χ1n) is 11.3. The Hall–Kier alpha value is -3.33. The Labute approximate surface area is 199 Å². The fraction of sp³-hybridized carbons (Fsp3) is 0.360. The first-order chi connectivity index (χ1) is 16.4. The monoisotopic (exact) mass is 484 g/mol. The highest BCUT2D eigenvalue weighted by Gasteiger charge is 2.36. The van der Waals surface area contributed by atoms with Crippen molar-refractivity contribution in [1.82, 2.24) is 10.1 Å². The van der Waals surface area contributed by atoms with Crippen LogP contribution >= 0.6 is 0 Å². The van der Waals surface area contributed by atoms with E-state index in [4.69, 9.17) is 14.0 Å². The molecular weight excluding hydrogens is 456 g/mol. The molecular formula is C25H28N2O6S. The number of carbonyl (C=O) groups excluding carboxylic acids is 1. The fourth-order valence-corrected chi connectivity index (χ4v) is 5.71. The first-order valence-corrected chi connectivity index (χ1v) is 13.1. The maximum Gasteiger partial charge on any atom is 0.276 e. The first kappa shape index (κ1) is 23.8. The van der Waals surface area contributed by atoms with Gasteiger partial charge in [-0.15, -0.1) is 0 Å². The second-order valence-electron chi connectivity index (χ2n) is 8.10. The molecule has 0 radical (unpaired) electrons. The molecule has 1 aliphatic heterocycles. The van der Waals surface area contributed by atoms with Gasteiger partial charge in [0, 0.05) is 24.2 Å². The molecule has 1 atom stereocenters. The molecule has 1 fully saturated rings. The summed E-state index contributed by atoms with van der Waals surface area (Å²) in [7, 11) is -3.18. The normalized spacial score (nSPS) is 16.8. The molecule has 2 aromatic carbocycles. The van der Waals surface area contributed by atoms with Crippen LogP contribution in [0.1, 0.15) is 36.3 Å². The summed E-state index contributed by atoms with van der Waals surface area (Å²) in [6.45, 7) is 5.22. The van der Waals surface area contributed by atoms with Gasteiger partial charge in [-0.25, -0.2) is 8.42 Å². The van der Waals surface area contributed by atoms with Crippen LogP contribution in [0.4, 0.5) is 0 Å². The minimum absolute atomic E-state index is 0.0562. The minimum Gasteiger partial charge on any atom is -0.494 e. The smallest absolute Gasteiger partial charge is 0.276 e. The summed E-state index contributed by atoms with van der Waals surface area (Å²) in [6, 6.07) is 15.9. The maximum atomic E-state index is 13.5. The second kappa shape index (κ2) is 10.3. The molecule has 0 bridgehead atoms. The highest BCUT2D eigenvalue weighted by Crippen LogP contribution is 2.26. The van der Waals surface area contributed by atoms with Gasteiger partial charge in [-0.05, 0) is 62.2 Å². The molecule has 4 rings (SSSR count). The molecule has 0 aliphatic carbocycles. The van der Waals surface area contributed by atoms with Crippen molar-refractivity contribution in [2.24, 2.45) is 0 Å². The van der Waals surface area contributed by atoms with E-state index in [1.807, 2.05) is 62.4 Å². The third-order valence-corrected chi connectivity index (χ3v) is 7.43. The topological polar surface area (TPSA) is 98.9 Å². The average Bonchev–Trinajstić information content (AvgIpc) is 3.46. The van der Waals surface area contributed by atoms with Crippen LogP contribution in [0.25, 0.3) is 11.3 Å². The van der Waals surface area contributed by atoms with Gasteiger partial charge >= 0.3 is 0 Å². The third-order valence-electron chi connectivity index (χ3n) is 5.68. The molecule has 0 saturated carbocycles. The lowest BCUT2D eigenvalue weighted by Crippen LogP contribution is -2.40. The lowest BCUT2D eigenvalue weighted by atomic mass is 10.1. The molecule has 3 aromatic rings. The van der Waals surface area contributed by atoms with Gasteiger partial charge < -0.3 is 18.9 Å². The Morgan fingerprint density at radius 3 is 2.21 bits per heavy atom. The van der Waals surface area contributed by atoms with Gasteiger partial charge in [-0.2, -0.15) is 0 Å². The van der Waals surface area contributed by atoms with Crippen LogP contribution in [0, 0.1) is 0 Å². The largest absolute Gasteiger partial charge is 0.494 e. The Morgan fingerprint density at radius 2 is 1.65 bits per heavy atom. The number of carbonyl (C=O) groups is 1. The van der Waals surface area contributed by atoms with Gasteiger partial charge in [0.15, 0.2) is 21.3 Å². The van der Waals surface area contributed by atoms with Crippen molar-refractivity contribution in [3.63, 3.8) is 0 Å².